The molecule has 2 aromatic rings. The quantitative estimate of drug-likeness (QED) is 0.827. The molecular formula is C18H20ClN3O2S. The van der Waals surface area contributed by atoms with Gasteiger partial charge in [-0.2, -0.15) is 0 Å². The van der Waals surface area contributed by atoms with Crippen LogP contribution in [0, 0.1) is 0 Å². The number of hydrogen-bond donors (Lipinski definition) is 2. The number of aromatic nitrogens is 1. The van der Waals surface area contributed by atoms with Gasteiger partial charge in [-0.3, -0.25) is 14.9 Å². The van der Waals surface area contributed by atoms with Crippen LogP contribution >= 0.6 is 22.9 Å². The molecule has 2 N–H and O–H groups in total. The van der Waals surface area contributed by atoms with Gasteiger partial charge in [-0.15, -0.1) is 11.3 Å². The number of rotatable bonds is 5. The standard InChI is InChI=1S/C18H20ClN3O2S/c1-3-10(2)20-17(24)13-8-9-14-15(13)21-18(25-14)22-16(23)11-4-6-12(19)7-5-11/h4-7,10,13H,3,8-9H2,1-2H3,(H,20,24)(H,21,22,23). The van der Waals surface area contributed by atoms with Crippen LogP contribution in [0.1, 0.15) is 53.5 Å². The van der Waals surface area contributed by atoms with Crippen LogP contribution in [-0.4, -0.2) is 22.8 Å². The highest BCUT2D eigenvalue weighted by Crippen LogP contribution is 2.38. The summed E-state index contributed by atoms with van der Waals surface area (Å²) in [4.78, 5) is 30.3. The Balaban J connectivity index is 1.70. The van der Waals surface area contributed by atoms with Crippen molar-refractivity contribution in [1.29, 1.82) is 0 Å². The molecule has 2 amide bonds. The van der Waals surface area contributed by atoms with Crippen LogP contribution in [0.2, 0.25) is 5.02 Å². The third kappa shape index (κ3) is 4.02. The largest absolute Gasteiger partial charge is 0.353 e. The third-order valence-electron chi connectivity index (χ3n) is 4.36. The van der Waals surface area contributed by atoms with Gasteiger partial charge in [0.2, 0.25) is 5.91 Å². The molecule has 0 saturated carbocycles. The van der Waals surface area contributed by atoms with Gasteiger partial charge < -0.3 is 5.32 Å². The number of nitrogens with one attached hydrogen (secondary N) is 2. The summed E-state index contributed by atoms with van der Waals surface area (Å²) in [5.41, 5.74) is 1.32. The Morgan fingerprint density at radius 3 is 2.76 bits per heavy atom. The van der Waals surface area contributed by atoms with E-state index in [0.29, 0.717) is 15.7 Å². The van der Waals surface area contributed by atoms with Gasteiger partial charge in [-0.1, -0.05) is 18.5 Å². The molecule has 0 radical (unpaired) electrons. The molecule has 0 aliphatic heterocycles. The van der Waals surface area contributed by atoms with Gasteiger partial charge in [0.25, 0.3) is 5.91 Å². The topological polar surface area (TPSA) is 71.1 Å². The summed E-state index contributed by atoms with van der Waals surface area (Å²) in [7, 11) is 0. The van der Waals surface area contributed by atoms with Gasteiger partial charge >= 0.3 is 0 Å². The lowest BCUT2D eigenvalue weighted by molar-refractivity contribution is -0.123. The number of nitrogens with zero attached hydrogens (tertiary/aromatic N) is 1. The molecule has 0 bridgehead atoms. The normalized spacial score (nSPS) is 17.0. The summed E-state index contributed by atoms with van der Waals surface area (Å²) in [6, 6.07) is 6.84. The van der Waals surface area contributed by atoms with Gasteiger partial charge in [-0.25, -0.2) is 4.98 Å². The third-order valence-corrected chi connectivity index (χ3v) is 5.66. The van der Waals surface area contributed by atoms with E-state index in [-0.39, 0.29) is 23.8 Å². The van der Waals surface area contributed by atoms with Crippen molar-refractivity contribution in [2.24, 2.45) is 0 Å². The van der Waals surface area contributed by atoms with Crippen LogP contribution in [0.4, 0.5) is 5.13 Å². The number of fused-ring (bicyclic) bond motifs is 1. The van der Waals surface area contributed by atoms with Crippen molar-refractivity contribution in [2.45, 2.75) is 45.1 Å². The van der Waals surface area contributed by atoms with E-state index >= 15 is 0 Å². The van der Waals surface area contributed by atoms with E-state index in [4.69, 9.17) is 11.6 Å². The maximum absolute atomic E-state index is 12.4. The smallest absolute Gasteiger partial charge is 0.257 e. The number of halogens is 1. The Morgan fingerprint density at radius 1 is 1.36 bits per heavy atom. The van der Waals surface area contributed by atoms with Crippen molar-refractivity contribution >= 4 is 39.9 Å². The van der Waals surface area contributed by atoms with E-state index in [1.54, 1.807) is 24.3 Å². The molecule has 7 heteroatoms. The first-order valence-corrected chi connectivity index (χ1v) is 9.54. The van der Waals surface area contributed by atoms with Crippen LogP contribution in [0.5, 0.6) is 0 Å². The Hall–Kier alpha value is -1.92. The fourth-order valence-corrected chi connectivity index (χ4v) is 3.91. The summed E-state index contributed by atoms with van der Waals surface area (Å²) in [5.74, 6) is -0.430. The number of aryl methyl sites for hydroxylation is 1. The number of carbonyl (C=O) groups is 2. The Kier molecular flexibility index (Phi) is 5.39. The van der Waals surface area contributed by atoms with E-state index in [0.717, 1.165) is 29.8 Å². The molecule has 2 atom stereocenters. The van der Waals surface area contributed by atoms with Crippen LogP contribution in [0.3, 0.4) is 0 Å². The Bertz CT molecular complexity index is 788. The average molecular weight is 378 g/mol. The number of thiazole rings is 1. The van der Waals surface area contributed by atoms with E-state index in [9.17, 15) is 9.59 Å². The maximum atomic E-state index is 12.4. The van der Waals surface area contributed by atoms with Crippen molar-refractivity contribution in [3.63, 3.8) is 0 Å². The fourth-order valence-electron chi connectivity index (χ4n) is 2.75. The first kappa shape index (κ1) is 17.9. The van der Waals surface area contributed by atoms with Gasteiger partial charge in [-0.05, 0) is 50.5 Å². The van der Waals surface area contributed by atoms with Crippen LogP contribution in [-0.2, 0) is 11.2 Å². The van der Waals surface area contributed by atoms with Crippen LogP contribution < -0.4 is 10.6 Å². The van der Waals surface area contributed by atoms with E-state index in [1.807, 2.05) is 13.8 Å². The lowest BCUT2D eigenvalue weighted by Crippen LogP contribution is -2.35. The molecule has 1 aliphatic carbocycles. The predicted octanol–water partition coefficient (Wildman–Crippen LogP) is 3.99. The number of benzene rings is 1. The van der Waals surface area contributed by atoms with Gasteiger partial charge in [0.15, 0.2) is 5.13 Å². The summed E-state index contributed by atoms with van der Waals surface area (Å²) < 4.78 is 0. The summed E-state index contributed by atoms with van der Waals surface area (Å²) in [5, 5.41) is 6.95. The number of anilines is 1. The maximum Gasteiger partial charge on any atom is 0.257 e. The molecule has 1 heterocycles. The van der Waals surface area contributed by atoms with E-state index in [2.05, 4.69) is 15.6 Å². The summed E-state index contributed by atoms with van der Waals surface area (Å²) >= 11 is 7.28. The number of carbonyl (C=O) groups excluding carboxylic acids is 2. The second-order valence-electron chi connectivity index (χ2n) is 6.20. The zero-order valence-electron chi connectivity index (χ0n) is 14.1. The zero-order chi connectivity index (χ0) is 18.0. The Morgan fingerprint density at radius 2 is 2.08 bits per heavy atom. The minimum Gasteiger partial charge on any atom is -0.353 e. The first-order valence-electron chi connectivity index (χ1n) is 8.34. The van der Waals surface area contributed by atoms with Crippen molar-refractivity contribution in [3.8, 4) is 0 Å². The summed E-state index contributed by atoms with van der Waals surface area (Å²) in [6.07, 6.45) is 2.50. The van der Waals surface area contributed by atoms with Gasteiger partial charge in [0.1, 0.15) is 0 Å². The zero-order valence-corrected chi connectivity index (χ0v) is 15.7. The molecule has 3 rings (SSSR count). The molecule has 132 valence electrons. The highest BCUT2D eigenvalue weighted by Gasteiger charge is 2.33. The monoisotopic (exact) mass is 377 g/mol. The van der Waals surface area contributed by atoms with Crippen molar-refractivity contribution in [3.05, 3.63) is 45.4 Å². The molecule has 0 saturated heterocycles. The highest BCUT2D eigenvalue weighted by molar-refractivity contribution is 7.16. The second kappa shape index (κ2) is 7.54. The second-order valence-corrected chi connectivity index (χ2v) is 7.72. The molecule has 25 heavy (non-hydrogen) atoms. The van der Waals surface area contributed by atoms with Crippen molar-refractivity contribution < 1.29 is 9.59 Å². The molecule has 1 aromatic carbocycles. The molecule has 2 unspecified atom stereocenters. The predicted molar refractivity (Wildman–Crippen MR) is 100 cm³/mol. The SMILES string of the molecule is CCC(C)NC(=O)C1CCc2sc(NC(=O)c3ccc(Cl)cc3)nc21. The van der Waals surface area contributed by atoms with Crippen LogP contribution in [0.25, 0.3) is 0 Å². The lowest BCUT2D eigenvalue weighted by atomic mass is 10.1. The average Bonchev–Trinajstić information content (AvgIpc) is 3.14. The lowest BCUT2D eigenvalue weighted by Gasteiger charge is -2.15. The molecule has 0 fully saturated rings. The number of hydrogen-bond acceptors (Lipinski definition) is 4. The molecule has 0 spiro atoms. The first-order chi connectivity index (χ1) is 12.0. The Labute approximate surface area is 155 Å². The molecule has 1 aromatic heterocycles. The molecule has 1 aliphatic rings. The molecule has 5 nitrogen and oxygen atoms in total. The van der Waals surface area contributed by atoms with E-state index < -0.39 is 0 Å². The van der Waals surface area contributed by atoms with Gasteiger partial charge in [0, 0.05) is 21.5 Å². The minimum atomic E-state index is -0.232. The summed E-state index contributed by atoms with van der Waals surface area (Å²) in [6.45, 7) is 4.03. The minimum absolute atomic E-state index is 0.0222. The van der Waals surface area contributed by atoms with E-state index in [1.165, 1.54) is 11.3 Å². The fraction of sp³-hybridized carbons (Fsp3) is 0.389. The van der Waals surface area contributed by atoms with Crippen molar-refractivity contribution in [2.75, 3.05) is 5.32 Å². The van der Waals surface area contributed by atoms with Crippen molar-refractivity contribution in [1.82, 2.24) is 10.3 Å². The number of amides is 2. The molecular weight excluding hydrogens is 358 g/mol. The van der Waals surface area contributed by atoms with Gasteiger partial charge in [0.05, 0.1) is 11.6 Å². The highest BCUT2D eigenvalue weighted by atomic mass is 35.5. The van der Waals surface area contributed by atoms with Crippen LogP contribution in [0.15, 0.2) is 24.3 Å².